The number of nitrogen functional groups attached to an aromatic ring is 1. The van der Waals surface area contributed by atoms with Crippen LogP contribution in [0.5, 0.6) is 0 Å². The van der Waals surface area contributed by atoms with Crippen LogP contribution >= 0.6 is 0 Å². The van der Waals surface area contributed by atoms with E-state index in [1.54, 1.807) is 0 Å². The second-order valence-electron chi connectivity index (χ2n) is 5.26. The first-order valence-corrected chi connectivity index (χ1v) is 6.75. The van der Waals surface area contributed by atoms with Gasteiger partial charge in [-0.05, 0) is 49.9 Å². The van der Waals surface area contributed by atoms with Crippen LogP contribution in [0.4, 0.5) is 5.82 Å². The van der Waals surface area contributed by atoms with E-state index in [9.17, 15) is 4.79 Å². The fourth-order valence-corrected chi connectivity index (χ4v) is 2.57. The number of aromatic nitrogens is 2. The fourth-order valence-electron chi connectivity index (χ4n) is 2.57. The first kappa shape index (κ1) is 14.9. The van der Waals surface area contributed by atoms with Crippen molar-refractivity contribution in [2.45, 2.75) is 34.2 Å². The van der Waals surface area contributed by atoms with Crippen LogP contribution < -0.4 is 5.73 Å². The zero-order valence-corrected chi connectivity index (χ0v) is 12.8. The van der Waals surface area contributed by atoms with E-state index in [0.717, 1.165) is 34.1 Å². The van der Waals surface area contributed by atoms with Crippen molar-refractivity contribution in [2.24, 2.45) is 0 Å². The highest BCUT2D eigenvalue weighted by Crippen LogP contribution is 2.34. The number of hydrogen-bond acceptors (Lipinski definition) is 3. The normalized spacial score (nSPS) is 10.4. The lowest BCUT2D eigenvalue weighted by molar-refractivity contribution is 0.112. The third-order valence-corrected chi connectivity index (χ3v) is 3.99. The van der Waals surface area contributed by atoms with Crippen LogP contribution in [0, 0.1) is 40.0 Å². The van der Waals surface area contributed by atoms with Gasteiger partial charge in [-0.3, -0.25) is 4.79 Å². The highest BCUT2D eigenvalue weighted by atomic mass is 16.1. The Labute approximate surface area is 125 Å². The van der Waals surface area contributed by atoms with Crippen molar-refractivity contribution in [3.63, 3.8) is 0 Å². The molecule has 0 saturated carbocycles. The number of anilines is 1. The van der Waals surface area contributed by atoms with Gasteiger partial charge >= 0.3 is 0 Å². The summed E-state index contributed by atoms with van der Waals surface area (Å²) in [5.41, 5.74) is 12.5. The third-order valence-electron chi connectivity index (χ3n) is 3.99. The van der Waals surface area contributed by atoms with Crippen molar-refractivity contribution < 1.29 is 4.79 Å². The molecule has 0 bridgehead atoms. The number of benzene rings is 1. The summed E-state index contributed by atoms with van der Waals surface area (Å²) in [5, 5.41) is 4.46. The molecule has 4 nitrogen and oxygen atoms in total. The van der Waals surface area contributed by atoms with Gasteiger partial charge in [0.25, 0.3) is 0 Å². The standard InChI is InChI=1S/C17H19N3O/c1-6-7-20-17(18)14(9-21)16(19-20)15-12(4)10(2)8-11(3)13(15)5/h1,8-9H,7,18H2,2-5H3. The van der Waals surface area contributed by atoms with Crippen LogP contribution in [0.15, 0.2) is 6.07 Å². The second kappa shape index (κ2) is 5.45. The summed E-state index contributed by atoms with van der Waals surface area (Å²) in [4.78, 5) is 11.4. The lowest BCUT2D eigenvalue weighted by Gasteiger charge is -2.14. The summed E-state index contributed by atoms with van der Waals surface area (Å²) in [5.74, 6) is 2.81. The molecule has 1 heterocycles. The van der Waals surface area contributed by atoms with Gasteiger partial charge in [0, 0.05) is 5.56 Å². The summed E-state index contributed by atoms with van der Waals surface area (Å²) in [6.07, 6.45) is 6.07. The monoisotopic (exact) mass is 281 g/mol. The number of terminal acetylenes is 1. The zero-order valence-electron chi connectivity index (χ0n) is 12.8. The minimum atomic E-state index is 0.246. The van der Waals surface area contributed by atoms with E-state index in [0.29, 0.717) is 17.1 Å². The number of carbonyl (C=O) groups excluding carboxylic acids is 1. The Morgan fingerprint density at radius 1 is 1.29 bits per heavy atom. The molecule has 0 fully saturated rings. The molecular weight excluding hydrogens is 262 g/mol. The van der Waals surface area contributed by atoms with Crippen LogP contribution in [0.25, 0.3) is 11.3 Å². The summed E-state index contributed by atoms with van der Waals surface area (Å²) in [6.45, 7) is 8.40. The molecule has 108 valence electrons. The van der Waals surface area contributed by atoms with E-state index in [2.05, 4.69) is 17.1 Å². The van der Waals surface area contributed by atoms with E-state index in [-0.39, 0.29) is 6.54 Å². The number of hydrogen-bond donors (Lipinski definition) is 1. The summed E-state index contributed by atoms with van der Waals surface area (Å²) in [7, 11) is 0. The van der Waals surface area contributed by atoms with E-state index in [1.165, 1.54) is 4.68 Å². The average Bonchev–Trinajstić information content (AvgIpc) is 2.74. The summed E-state index contributed by atoms with van der Waals surface area (Å²) in [6, 6.07) is 2.14. The van der Waals surface area contributed by atoms with Gasteiger partial charge in [0.1, 0.15) is 18.1 Å². The average molecular weight is 281 g/mol. The van der Waals surface area contributed by atoms with Crippen LogP contribution in [-0.4, -0.2) is 16.1 Å². The summed E-state index contributed by atoms with van der Waals surface area (Å²) >= 11 is 0. The molecule has 0 saturated heterocycles. The molecule has 0 aliphatic rings. The Bertz CT molecular complexity index is 737. The highest BCUT2D eigenvalue weighted by Gasteiger charge is 2.20. The van der Waals surface area contributed by atoms with Crippen LogP contribution in [0.2, 0.25) is 0 Å². The number of nitrogens with zero attached hydrogens (tertiary/aromatic N) is 2. The number of rotatable bonds is 3. The Balaban J connectivity index is 2.82. The molecule has 0 atom stereocenters. The first-order chi connectivity index (χ1) is 9.92. The van der Waals surface area contributed by atoms with Crippen molar-refractivity contribution >= 4 is 12.1 Å². The minimum Gasteiger partial charge on any atom is -0.383 e. The lowest BCUT2D eigenvalue weighted by Crippen LogP contribution is -2.03. The molecule has 0 radical (unpaired) electrons. The molecule has 2 aromatic rings. The molecule has 0 spiro atoms. The molecule has 0 unspecified atom stereocenters. The van der Waals surface area contributed by atoms with E-state index >= 15 is 0 Å². The third kappa shape index (κ3) is 2.31. The minimum absolute atomic E-state index is 0.246. The molecule has 0 amide bonds. The van der Waals surface area contributed by atoms with Crippen molar-refractivity contribution in [2.75, 3.05) is 5.73 Å². The maximum absolute atomic E-state index is 11.4. The SMILES string of the molecule is C#CCn1nc(-c2c(C)c(C)cc(C)c2C)c(C=O)c1N. The molecule has 21 heavy (non-hydrogen) atoms. The number of aryl methyl sites for hydroxylation is 2. The molecule has 1 aromatic carbocycles. The lowest BCUT2D eigenvalue weighted by atomic mass is 9.91. The molecule has 0 aliphatic carbocycles. The van der Waals surface area contributed by atoms with Crippen LogP contribution in [0.1, 0.15) is 32.6 Å². The maximum atomic E-state index is 11.4. The summed E-state index contributed by atoms with van der Waals surface area (Å²) < 4.78 is 1.50. The largest absolute Gasteiger partial charge is 0.383 e. The first-order valence-electron chi connectivity index (χ1n) is 6.75. The smallest absolute Gasteiger partial charge is 0.156 e. The maximum Gasteiger partial charge on any atom is 0.156 e. The Hall–Kier alpha value is -2.54. The molecule has 2 rings (SSSR count). The Morgan fingerprint density at radius 2 is 1.86 bits per heavy atom. The van der Waals surface area contributed by atoms with Gasteiger partial charge in [0.05, 0.1) is 5.56 Å². The molecule has 2 N–H and O–H groups in total. The topological polar surface area (TPSA) is 60.9 Å². The molecule has 4 heteroatoms. The van der Waals surface area contributed by atoms with Gasteiger partial charge in [-0.1, -0.05) is 12.0 Å². The van der Waals surface area contributed by atoms with Gasteiger partial charge in [0.15, 0.2) is 6.29 Å². The van der Waals surface area contributed by atoms with Gasteiger partial charge in [0.2, 0.25) is 0 Å². The van der Waals surface area contributed by atoms with E-state index in [4.69, 9.17) is 12.2 Å². The van der Waals surface area contributed by atoms with Crippen molar-refractivity contribution in [1.82, 2.24) is 9.78 Å². The zero-order chi connectivity index (χ0) is 15.7. The van der Waals surface area contributed by atoms with Gasteiger partial charge in [-0.25, -0.2) is 4.68 Å². The van der Waals surface area contributed by atoms with Crippen molar-refractivity contribution in [1.29, 1.82) is 0 Å². The predicted octanol–water partition coefficient (Wildman–Crippen LogP) is 2.81. The number of nitrogens with two attached hydrogens (primary N) is 1. The molecule has 1 aromatic heterocycles. The predicted molar refractivity (Wildman–Crippen MR) is 85.2 cm³/mol. The Morgan fingerprint density at radius 3 is 2.33 bits per heavy atom. The van der Waals surface area contributed by atoms with Crippen LogP contribution in [-0.2, 0) is 6.54 Å². The van der Waals surface area contributed by atoms with Crippen molar-refractivity contribution in [3.05, 3.63) is 33.9 Å². The van der Waals surface area contributed by atoms with Gasteiger partial charge in [-0.15, -0.1) is 6.42 Å². The van der Waals surface area contributed by atoms with E-state index in [1.807, 2.05) is 27.7 Å². The Kier molecular flexibility index (Phi) is 3.86. The van der Waals surface area contributed by atoms with Crippen LogP contribution in [0.3, 0.4) is 0 Å². The van der Waals surface area contributed by atoms with Crippen molar-refractivity contribution in [3.8, 4) is 23.6 Å². The van der Waals surface area contributed by atoms with Gasteiger partial charge < -0.3 is 5.73 Å². The fraction of sp³-hybridized carbons (Fsp3) is 0.294. The second-order valence-corrected chi connectivity index (χ2v) is 5.26. The molecular formula is C17H19N3O. The highest BCUT2D eigenvalue weighted by molar-refractivity contribution is 5.93. The van der Waals surface area contributed by atoms with Gasteiger partial charge in [-0.2, -0.15) is 5.10 Å². The van der Waals surface area contributed by atoms with E-state index < -0.39 is 0 Å². The quantitative estimate of drug-likeness (QED) is 0.695. The number of carbonyl (C=O) groups is 1. The molecule has 0 aliphatic heterocycles. The number of aldehydes is 1.